The monoisotopic (exact) mass is 365 g/mol. The molecule has 0 radical (unpaired) electrons. The molecule has 1 aliphatic rings. The first-order valence-corrected chi connectivity index (χ1v) is 8.53. The van der Waals surface area contributed by atoms with Crippen LogP contribution in [0.2, 0.25) is 5.02 Å². The summed E-state index contributed by atoms with van der Waals surface area (Å²) in [6.07, 6.45) is -0.721. The number of rotatable bonds is 3. The third-order valence-electron chi connectivity index (χ3n) is 4.21. The summed E-state index contributed by atoms with van der Waals surface area (Å²) in [5, 5.41) is 0.645. The van der Waals surface area contributed by atoms with Crippen LogP contribution >= 0.6 is 11.6 Å². The Kier molecular flexibility index (Phi) is 4.22. The van der Waals surface area contributed by atoms with Crippen molar-refractivity contribution in [1.29, 1.82) is 0 Å². The maximum absolute atomic E-state index is 13.2. The van der Waals surface area contributed by atoms with Crippen molar-refractivity contribution in [3.8, 4) is 5.75 Å². The zero-order valence-electron chi connectivity index (χ0n) is 13.8. The minimum Gasteiger partial charge on any atom is -0.472 e. The van der Waals surface area contributed by atoms with Crippen LogP contribution in [0.5, 0.6) is 5.75 Å². The molecule has 26 heavy (non-hydrogen) atoms. The molecule has 0 fully saturated rings. The van der Waals surface area contributed by atoms with Crippen LogP contribution in [-0.2, 0) is 11.3 Å². The van der Waals surface area contributed by atoms with Gasteiger partial charge in [0.25, 0.3) is 5.91 Å². The Hall–Kier alpha value is -3.05. The lowest BCUT2D eigenvalue weighted by atomic mass is 10.1. The van der Waals surface area contributed by atoms with Crippen molar-refractivity contribution in [1.82, 2.24) is 4.98 Å². The van der Waals surface area contributed by atoms with Crippen LogP contribution in [0.25, 0.3) is 0 Å². The highest BCUT2D eigenvalue weighted by molar-refractivity contribution is 6.30. The molecule has 1 aromatic heterocycles. The van der Waals surface area contributed by atoms with E-state index < -0.39 is 6.10 Å². The fourth-order valence-corrected chi connectivity index (χ4v) is 3.05. The zero-order valence-corrected chi connectivity index (χ0v) is 14.6. The summed E-state index contributed by atoms with van der Waals surface area (Å²) in [5.74, 6) is 1.11. The van der Waals surface area contributed by atoms with E-state index in [-0.39, 0.29) is 5.91 Å². The molecule has 130 valence electrons. The Morgan fingerprint density at radius 2 is 1.77 bits per heavy atom. The van der Waals surface area contributed by atoms with E-state index in [0.29, 0.717) is 29.0 Å². The Morgan fingerprint density at radius 1 is 1.04 bits per heavy atom. The second-order valence-corrected chi connectivity index (χ2v) is 6.45. The third-order valence-corrected chi connectivity index (χ3v) is 4.46. The first-order chi connectivity index (χ1) is 12.6. The second-order valence-electron chi connectivity index (χ2n) is 6.02. The van der Waals surface area contributed by atoms with Gasteiger partial charge in [0.05, 0.1) is 6.54 Å². The lowest BCUT2D eigenvalue weighted by Crippen LogP contribution is -2.41. The van der Waals surface area contributed by atoms with Gasteiger partial charge in [-0.25, -0.2) is 4.98 Å². The summed E-state index contributed by atoms with van der Waals surface area (Å²) in [6, 6.07) is 20.2. The highest BCUT2D eigenvalue weighted by Crippen LogP contribution is 2.38. The number of pyridine rings is 1. The van der Waals surface area contributed by atoms with Crippen LogP contribution in [0.4, 0.5) is 11.6 Å². The van der Waals surface area contributed by atoms with E-state index in [4.69, 9.17) is 22.1 Å². The number of fused-ring (bicyclic) bond motifs is 1. The molecule has 1 atom stereocenters. The highest BCUT2D eigenvalue weighted by atomic mass is 35.5. The van der Waals surface area contributed by atoms with Crippen molar-refractivity contribution >= 4 is 29.1 Å². The summed E-state index contributed by atoms with van der Waals surface area (Å²) in [4.78, 5) is 19.1. The number of amides is 1. The van der Waals surface area contributed by atoms with E-state index in [9.17, 15) is 4.79 Å². The summed E-state index contributed by atoms with van der Waals surface area (Å²) < 4.78 is 5.94. The first kappa shape index (κ1) is 16.4. The number of nitrogen functional groups attached to an aromatic ring is 1. The molecule has 3 aromatic rings. The summed E-state index contributed by atoms with van der Waals surface area (Å²) >= 11 is 5.96. The predicted molar refractivity (Wildman–Crippen MR) is 101 cm³/mol. The average Bonchev–Trinajstić information content (AvgIpc) is 2.66. The van der Waals surface area contributed by atoms with Crippen molar-refractivity contribution in [2.45, 2.75) is 12.6 Å². The van der Waals surface area contributed by atoms with E-state index in [2.05, 4.69) is 4.98 Å². The molecule has 4 rings (SSSR count). The Morgan fingerprint density at radius 3 is 2.50 bits per heavy atom. The predicted octanol–water partition coefficient (Wildman–Crippen LogP) is 3.98. The van der Waals surface area contributed by atoms with Crippen molar-refractivity contribution in [3.05, 3.63) is 82.9 Å². The Bertz CT molecular complexity index is 945. The maximum atomic E-state index is 13.2. The lowest BCUT2D eigenvalue weighted by Gasteiger charge is -2.33. The highest BCUT2D eigenvalue weighted by Gasteiger charge is 2.36. The number of nitrogens with two attached hydrogens (primary N) is 1. The number of nitrogens with zero attached hydrogens (tertiary/aromatic N) is 2. The number of halogens is 1. The molecule has 2 N–H and O–H groups in total. The van der Waals surface area contributed by atoms with E-state index in [1.165, 1.54) is 0 Å². The molecule has 2 aromatic carbocycles. The minimum absolute atomic E-state index is 0.184. The maximum Gasteiger partial charge on any atom is 0.274 e. The molecule has 0 saturated carbocycles. The number of benzene rings is 2. The van der Waals surface area contributed by atoms with E-state index in [1.807, 2.05) is 42.5 Å². The topological polar surface area (TPSA) is 68.5 Å². The van der Waals surface area contributed by atoms with Gasteiger partial charge >= 0.3 is 0 Å². The number of aromatic nitrogens is 1. The summed E-state index contributed by atoms with van der Waals surface area (Å²) in [5.41, 5.74) is 7.56. The second kappa shape index (κ2) is 6.69. The molecule has 6 heteroatoms. The van der Waals surface area contributed by atoms with Gasteiger partial charge in [-0.05, 0) is 29.8 Å². The van der Waals surface area contributed by atoms with Crippen molar-refractivity contribution < 1.29 is 9.53 Å². The Labute approximate surface area is 156 Å². The summed E-state index contributed by atoms with van der Waals surface area (Å²) in [6.45, 7) is 0.353. The molecule has 1 amide bonds. The van der Waals surface area contributed by atoms with Crippen LogP contribution in [0.3, 0.4) is 0 Å². The molecule has 0 aliphatic carbocycles. The van der Waals surface area contributed by atoms with Crippen molar-refractivity contribution in [2.75, 3.05) is 10.6 Å². The lowest BCUT2D eigenvalue weighted by molar-refractivity contribution is -0.126. The number of carbonyl (C=O) groups is 1. The van der Waals surface area contributed by atoms with E-state index in [1.54, 1.807) is 29.2 Å². The van der Waals surface area contributed by atoms with Gasteiger partial charge in [-0.1, -0.05) is 54.1 Å². The normalized spacial score (nSPS) is 16.1. The SMILES string of the molecule is Nc1ccc2c(n1)N(Cc1ccc(Cl)cc1)C(=O)C(c1ccccc1)O2. The molecule has 1 unspecified atom stereocenters. The molecule has 1 aliphatic heterocycles. The largest absolute Gasteiger partial charge is 0.472 e. The number of hydrogen-bond acceptors (Lipinski definition) is 4. The number of hydrogen-bond donors (Lipinski definition) is 1. The number of carbonyl (C=O) groups excluding carboxylic acids is 1. The van der Waals surface area contributed by atoms with Gasteiger partial charge in [0, 0.05) is 10.6 Å². The smallest absolute Gasteiger partial charge is 0.274 e. The van der Waals surface area contributed by atoms with E-state index >= 15 is 0 Å². The molecule has 0 bridgehead atoms. The molecular weight excluding hydrogens is 350 g/mol. The number of ether oxygens (including phenoxy) is 1. The summed E-state index contributed by atoms with van der Waals surface area (Å²) in [7, 11) is 0. The molecular formula is C20H16ClN3O2. The van der Waals surface area contributed by atoms with Gasteiger partial charge in [0.2, 0.25) is 6.10 Å². The van der Waals surface area contributed by atoms with Gasteiger partial charge in [-0.3, -0.25) is 9.69 Å². The third kappa shape index (κ3) is 3.09. The molecule has 0 spiro atoms. The Balaban J connectivity index is 1.75. The van der Waals surface area contributed by atoms with Crippen LogP contribution < -0.4 is 15.4 Å². The molecule has 0 saturated heterocycles. The molecule has 5 nitrogen and oxygen atoms in total. The van der Waals surface area contributed by atoms with Crippen LogP contribution in [0.1, 0.15) is 17.2 Å². The van der Waals surface area contributed by atoms with Gasteiger partial charge in [-0.2, -0.15) is 0 Å². The fourth-order valence-electron chi connectivity index (χ4n) is 2.92. The van der Waals surface area contributed by atoms with Gasteiger partial charge in [0.1, 0.15) is 5.82 Å². The van der Waals surface area contributed by atoms with Gasteiger partial charge < -0.3 is 10.5 Å². The number of anilines is 2. The molecule has 2 heterocycles. The van der Waals surface area contributed by atoms with Crippen molar-refractivity contribution in [2.24, 2.45) is 0 Å². The van der Waals surface area contributed by atoms with Crippen LogP contribution in [-0.4, -0.2) is 10.9 Å². The quantitative estimate of drug-likeness (QED) is 0.762. The van der Waals surface area contributed by atoms with Crippen LogP contribution in [0, 0.1) is 0 Å². The van der Waals surface area contributed by atoms with E-state index in [0.717, 1.165) is 11.1 Å². The zero-order chi connectivity index (χ0) is 18.1. The van der Waals surface area contributed by atoms with Gasteiger partial charge in [0.15, 0.2) is 11.6 Å². The van der Waals surface area contributed by atoms with Gasteiger partial charge in [-0.15, -0.1) is 0 Å². The fraction of sp³-hybridized carbons (Fsp3) is 0.100. The van der Waals surface area contributed by atoms with Crippen LogP contribution in [0.15, 0.2) is 66.7 Å². The minimum atomic E-state index is -0.721. The standard InChI is InChI=1S/C20H16ClN3O2/c21-15-8-6-13(7-9-15)12-24-19-16(10-11-17(22)23-19)26-18(20(24)25)14-4-2-1-3-5-14/h1-11,18H,12H2,(H2,22,23). The van der Waals surface area contributed by atoms with Crippen molar-refractivity contribution in [3.63, 3.8) is 0 Å². The first-order valence-electron chi connectivity index (χ1n) is 8.16. The average molecular weight is 366 g/mol.